The van der Waals surface area contributed by atoms with E-state index in [4.69, 9.17) is 5.73 Å². The van der Waals surface area contributed by atoms with Crippen LogP contribution in [0.5, 0.6) is 0 Å². The predicted molar refractivity (Wildman–Crippen MR) is 91.4 cm³/mol. The molecule has 23 heavy (non-hydrogen) atoms. The second-order valence-electron chi connectivity index (χ2n) is 6.06. The molecular formula is C16H23N3O3S. The van der Waals surface area contributed by atoms with Gasteiger partial charge in [0, 0.05) is 36.2 Å². The number of thioether (sulfide) groups is 1. The van der Waals surface area contributed by atoms with Gasteiger partial charge in [-0.25, -0.2) is 0 Å². The van der Waals surface area contributed by atoms with Gasteiger partial charge in [-0.1, -0.05) is 6.92 Å². The van der Waals surface area contributed by atoms with Gasteiger partial charge < -0.3 is 10.6 Å². The van der Waals surface area contributed by atoms with Crippen molar-refractivity contribution in [1.29, 1.82) is 0 Å². The van der Waals surface area contributed by atoms with Crippen molar-refractivity contribution in [2.24, 2.45) is 11.7 Å². The van der Waals surface area contributed by atoms with Crippen molar-refractivity contribution >= 4 is 23.4 Å². The van der Waals surface area contributed by atoms with Crippen molar-refractivity contribution in [3.05, 3.63) is 34.4 Å². The lowest BCUT2D eigenvalue weighted by Gasteiger charge is -2.39. The summed E-state index contributed by atoms with van der Waals surface area (Å²) in [6.07, 6.45) is 1.97. The van der Waals surface area contributed by atoms with Crippen molar-refractivity contribution in [2.75, 3.05) is 13.1 Å². The number of carbonyl (C=O) groups is 1. The van der Waals surface area contributed by atoms with E-state index in [0.29, 0.717) is 12.5 Å². The number of nitrogens with zero attached hydrogens (tertiary/aromatic N) is 2. The first-order valence-electron chi connectivity index (χ1n) is 7.84. The van der Waals surface area contributed by atoms with Crippen LogP contribution < -0.4 is 5.73 Å². The number of nitro groups is 1. The molecule has 1 aliphatic rings. The lowest BCUT2D eigenvalue weighted by molar-refractivity contribution is -0.384. The Morgan fingerprint density at radius 1 is 1.48 bits per heavy atom. The van der Waals surface area contributed by atoms with E-state index in [2.05, 4.69) is 6.92 Å². The summed E-state index contributed by atoms with van der Waals surface area (Å²) in [6, 6.07) is 6.41. The van der Waals surface area contributed by atoms with Gasteiger partial charge in [0.25, 0.3) is 5.69 Å². The Labute approximate surface area is 140 Å². The number of nitro benzene ring substituents is 1. The molecular weight excluding hydrogens is 314 g/mol. The third kappa shape index (κ3) is 4.45. The summed E-state index contributed by atoms with van der Waals surface area (Å²) >= 11 is 1.42. The van der Waals surface area contributed by atoms with Crippen molar-refractivity contribution in [3.63, 3.8) is 0 Å². The second-order valence-corrected chi connectivity index (χ2v) is 7.48. The first-order chi connectivity index (χ1) is 10.9. The molecule has 6 nitrogen and oxygen atoms in total. The summed E-state index contributed by atoms with van der Waals surface area (Å²) in [6.45, 7) is 5.32. The minimum absolute atomic E-state index is 0.0570. The molecule has 1 amide bonds. The minimum atomic E-state index is -0.427. The molecule has 2 N–H and O–H groups in total. The molecule has 0 bridgehead atoms. The fourth-order valence-corrected chi connectivity index (χ4v) is 3.84. The van der Waals surface area contributed by atoms with E-state index in [1.54, 1.807) is 12.1 Å². The molecule has 0 aromatic heterocycles. The summed E-state index contributed by atoms with van der Waals surface area (Å²) in [5.41, 5.74) is 5.88. The molecule has 1 aromatic rings. The Kier molecular flexibility index (Phi) is 6.01. The van der Waals surface area contributed by atoms with Gasteiger partial charge in [-0.3, -0.25) is 14.9 Å². The van der Waals surface area contributed by atoms with Crippen molar-refractivity contribution in [3.8, 4) is 0 Å². The normalized spacial score (nSPS) is 22.7. The van der Waals surface area contributed by atoms with Crippen molar-refractivity contribution in [1.82, 2.24) is 4.90 Å². The fraction of sp³-hybridized carbons (Fsp3) is 0.562. The summed E-state index contributed by atoms with van der Waals surface area (Å²) in [5.74, 6) is 0.695. The van der Waals surface area contributed by atoms with Gasteiger partial charge in [0.05, 0.1) is 10.2 Å². The maximum atomic E-state index is 12.7. The predicted octanol–water partition coefficient (Wildman–Crippen LogP) is 2.66. The Balaban J connectivity index is 2.00. The summed E-state index contributed by atoms with van der Waals surface area (Å²) in [7, 11) is 0. The van der Waals surface area contributed by atoms with Crippen LogP contribution in [-0.2, 0) is 4.79 Å². The van der Waals surface area contributed by atoms with Crippen LogP contribution >= 0.6 is 11.8 Å². The number of nitrogens with two attached hydrogens (primary N) is 1. The number of piperidine rings is 1. The van der Waals surface area contributed by atoms with Gasteiger partial charge >= 0.3 is 0 Å². The smallest absolute Gasteiger partial charge is 0.269 e. The molecule has 3 unspecified atom stereocenters. The molecule has 0 aliphatic carbocycles. The van der Waals surface area contributed by atoms with Crippen LogP contribution in [-0.4, -0.2) is 40.1 Å². The average molecular weight is 337 g/mol. The Morgan fingerprint density at radius 3 is 2.70 bits per heavy atom. The first-order valence-corrected chi connectivity index (χ1v) is 8.72. The van der Waals surface area contributed by atoms with Gasteiger partial charge in [-0.2, -0.15) is 0 Å². The monoisotopic (exact) mass is 337 g/mol. The van der Waals surface area contributed by atoms with Crippen LogP contribution in [0.25, 0.3) is 0 Å². The Bertz CT molecular complexity index is 564. The van der Waals surface area contributed by atoms with Gasteiger partial charge in [0.15, 0.2) is 0 Å². The van der Waals surface area contributed by atoms with E-state index < -0.39 is 4.92 Å². The van der Waals surface area contributed by atoms with Gasteiger partial charge in [-0.15, -0.1) is 11.8 Å². The molecule has 3 atom stereocenters. The lowest BCUT2D eigenvalue weighted by Crippen LogP contribution is -2.51. The zero-order chi connectivity index (χ0) is 17.0. The van der Waals surface area contributed by atoms with E-state index in [9.17, 15) is 14.9 Å². The molecule has 2 rings (SSSR count). The number of amides is 1. The molecule has 126 valence electrons. The highest BCUT2D eigenvalue weighted by molar-refractivity contribution is 8.00. The fourth-order valence-electron chi connectivity index (χ4n) is 2.90. The zero-order valence-corrected chi connectivity index (χ0v) is 14.3. The molecule has 1 aliphatic heterocycles. The highest BCUT2D eigenvalue weighted by atomic mass is 32.2. The number of hydrogen-bond donors (Lipinski definition) is 1. The van der Waals surface area contributed by atoms with Gasteiger partial charge in [0.1, 0.15) is 0 Å². The molecule has 1 saturated heterocycles. The lowest BCUT2D eigenvalue weighted by atomic mass is 9.92. The number of carbonyl (C=O) groups excluding carboxylic acids is 1. The van der Waals surface area contributed by atoms with Crippen LogP contribution in [0.1, 0.15) is 26.7 Å². The number of hydrogen-bond acceptors (Lipinski definition) is 5. The molecule has 0 saturated carbocycles. The number of likely N-dealkylation sites (tertiary alicyclic amines) is 1. The van der Waals surface area contributed by atoms with E-state index in [-0.39, 0.29) is 22.9 Å². The second kappa shape index (κ2) is 7.79. The first kappa shape index (κ1) is 17.7. The topological polar surface area (TPSA) is 89.5 Å². The summed E-state index contributed by atoms with van der Waals surface area (Å²) < 4.78 is 0. The third-order valence-corrected chi connectivity index (χ3v) is 5.34. The summed E-state index contributed by atoms with van der Waals surface area (Å²) in [5, 5.41) is 10.4. The van der Waals surface area contributed by atoms with E-state index >= 15 is 0 Å². The average Bonchev–Trinajstić information content (AvgIpc) is 2.54. The van der Waals surface area contributed by atoms with Crippen LogP contribution in [0, 0.1) is 16.0 Å². The molecule has 1 heterocycles. The highest BCUT2D eigenvalue weighted by Crippen LogP contribution is 2.29. The van der Waals surface area contributed by atoms with E-state index in [1.807, 2.05) is 11.8 Å². The Morgan fingerprint density at radius 2 is 2.13 bits per heavy atom. The molecule has 0 radical (unpaired) electrons. The van der Waals surface area contributed by atoms with Gasteiger partial charge in [-0.05, 0) is 37.8 Å². The molecule has 1 aromatic carbocycles. The largest absolute Gasteiger partial charge is 0.337 e. The molecule has 7 heteroatoms. The standard InChI is InChI=1S/C16H23N3O3S/c1-11-7-8-18(14(9-11)10-17)16(20)12(2)23-15-5-3-13(4-6-15)19(21)22/h3-6,11-12,14H,7-10,17H2,1-2H3. The summed E-state index contributed by atoms with van der Waals surface area (Å²) in [4.78, 5) is 25.7. The van der Waals surface area contributed by atoms with Crippen LogP contribution in [0.3, 0.4) is 0 Å². The highest BCUT2D eigenvalue weighted by Gasteiger charge is 2.31. The number of rotatable bonds is 5. The van der Waals surface area contributed by atoms with Crippen LogP contribution in [0.15, 0.2) is 29.2 Å². The Hall–Kier alpha value is -1.60. The van der Waals surface area contributed by atoms with Crippen molar-refractivity contribution in [2.45, 2.75) is 42.9 Å². The third-order valence-electron chi connectivity index (χ3n) is 4.24. The van der Waals surface area contributed by atoms with Crippen LogP contribution in [0.2, 0.25) is 0 Å². The molecule has 1 fully saturated rings. The van der Waals surface area contributed by atoms with Gasteiger partial charge in [0.2, 0.25) is 5.91 Å². The van der Waals surface area contributed by atoms with Crippen LogP contribution in [0.4, 0.5) is 5.69 Å². The maximum Gasteiger partial charge on any atom is 0.269 e. The SMILES string of the molecule is CC1CCN(C(=O)C(C)Sc2ccc([N+](=O)[O-])cc2)C(CN)C1. The van der Waals surface area contributed by atoms with E-state index in [1.165, 1.54) is 23.9 Å². The van der Waals surface area contributed by atoms with E-state index in [0.717, 1.165) is 24.3 Å². The number of non-ortho nitro benzene ring substituents is 1. The quantitative estimate of drug-likeness (QED) is 0.507. The zero-order valence-electron chi connectivity index (χ0n) is 13.5. The maximum absolute atomic E-state index is 12.7. The molecule has 0 spiro atoms. The minimum Gasteiger partial charge on any atom is -0.337 e. The number of benzene rings is 1. The van der Waals surface area contributed by atoms with Crippen molar-refractivity contribution < 1.29 is 9.72 Å².